The van der Waals surface area contributed by atoms with E-state index in [1.807, 2.05) is 0 Å². The highest BCUT2D eigenvalue weighted by molar-refractivity contribution is 5.97. The molecule has 2 nitrogen and oxygen atoms in total. The van der Waals surface area contributed by atoms with Crippen molar-refractivity contribution in [1.29, 1.82) is 0 Å². The highest BCUT2D eigenvalue weighted by Gasteiger charge is 2.59. The molecular formula is C24H29N2+. The number of para-hydroxylation sites is 2. The summed E-state index contributed by atoms with van der Waals surface area (Å²) in [5, 5.41) is 0. The van der Waals surface area contributed by atoms with Crippen LogP contribution in [0.25, 0.3) is 0 Å². The monoisotopic (exact) mass is 345 g/mol. The molecule has 0 aliphatic carbocycles. The Bertz CT molecular complexity index is 950. The number of nitrogens with zero attached hydrogens (tertiary/aromatic N) is 2. The fourth-order valence-electron chi connectivity index (χ4n) is 5.79. The van der Waals surface area contributed by atoms with Gasteiger partial charge in [0.15, 0.2) is 12.3 Å². The van der Waals surface area contributed by atoms with Gasteiger partial charge in [-0.25, -0.2) is 0 Å². The summed E-state index contributed by atoms with van der Waals surface area (Å²) in [7, 11) is 0. The maximum Gasteiger partial charge on any atom is 0.209 e. The van der Waals surface area contributed by atoms with Gasteiger partial charge < -0.3 is 4.90 Å². The van der Waals surface area contributed by atoms with E-state index in [9.17, 15) is 0 Å². The third-order valence-electron chi connectivity index (χ3n) is 7.78. The topological polar surface area (TPSA) is 6.25 Å². The number of hydrogen-bond acceptors (Lipinski definition) is 1. The predicted octanol–water partition coefficient (Wildman–Crippen LogP) is 5.02. The van der Waals surface area contributed by atoms with Crippen LogP contribution in [0.15, 0.2) is 48.5 Å². The molecule has 0 bridgehead atoms. The van der Waals surface area contributed by atoms with Gasteiger partial charge in [-0.15, -0.1) is 0 Å². The van der Waals surface area contributed by atoms with E-state index in [1.54, 1.807) is 5.71 Å². The molecule has 0 N–H and O–H groups in total. The molecule has 134 valence electrons. The summed E-state index contributed by atoms with van der Waals surface area (Å²) in [5.74, 6) is 0. The Morgan fingerprint density at radius 3 is 2.27 bits per heavy atom. The van der Waals surface area contributed by atoms with Gasteiger partial charge in [0.2, 0.25) is 5.69 Å². The first-order valence-corrected chi connectivity index (χ1v) is 9.89. The van der Waals surface area contributed by atoms with Crippen molar-refractivity contribution >= 4 is 17.1 Å². The minimum Gasteiger partial charge on any atom is -0.358 e. The maximum absolute atomic E-state index is 2.70. The number of hydrogen-bond donors (Lipinski definition) is 0. The first-order valence-electron chi connectivity index (χ1n) is 9.89. The summed E-state index contributed by atoms with van der Waals surface area (Å²) in [6, 6.07) is 18.1. The number of rotatable bonds is 0. The van der Waals surface area contributed by atoms with E-state index in [1.165, 1.54) is 22.5 Å². The Morgan fingerprint density at radius 2 is 1.50 bits per heavy atom. The molecule has 3 aliphatic heterocycles. The Kier molecular flexibility index (Phi) is 2.97. The molecule has 0 aromatic heterocycles. The lowest BCUT2D eigenvalue weighted by Gasteiger charge is -2.44. The molecule has 2 heteroatoms. The van der Waals surface area contributed by atoms with Crippen molar-refractivity contribution in [2.24, 2.45) is 0 Å². The van der Waals surface area contributed by atoms with Gasteiger partial charge >= 0.3 is 0 Å². The van der Waals surface area contributed by atoms with Crippen molar-refractivity contribution in [2.45, 2.75) is 57.4 Å². The highest BCUT2D eigenvalue weighted by atomic mass is 15.3. The van der Waals surface area contributed by atoms with E-state index >= 15 is 0 Å². The average Bonchev–Trinajstić information content (AvgIpc) is 2.83. The molecule has 0 amide bonds. The second kappa shape index (κ2) is 4.79. The molecule has 3 heterocycles. The summed E-state index contributed by atoms with van der Waals surface area (Å²) < 4.78 is 2.62. The van der Waals surface area contributed by atoms with Crippen LogP contribution in [0.1, 0.15) is 52.2 Å². The highest BCUT2D eigenvalue weighted by Crippen LogP contribution is 2.55. The normalized spacial score (nSPS) is 27.5. The first-order chi connectivity index (χ1) is 12.3. The van der Waals surface area contributed by atoms with Gasteiger partial charge in [-0.3, -0.25) is 0 Å². The number of fused-ring (bicyclic) bond motifs is 5. The number of benzene rings is 2. The van der Waals surface area contributed by atoms with Crippen molar-refractivity contribution < 1.29 is 4.58 Å². The van der Waals surface area contributed by atoms with Gasteiger partial charge in [-0.2, -0.15) is 4.58 Å². The van der Waals surface area contributed by atoms with E-state index in [4.69, 9.17) is 0 Å². The van der Waals surface area contributed by atoms with Gasteiger partial charge in [0.1, 0.15) is 0 Å². The van der Waals surface area contributed by atoms with E-state index in [0.717, 1.165) is 19.5 Å². The molecule has 0 spiro atoms. The molecular weight excluding hydrogens is 316 g/mol. The van der Waals surface area contributed by atoms with E-state index < -0.39 is 0 Å². The van der Waals surface area contributed by atoms with Crippen molar-refractivity contribution in [3.63, 3.8) is 0 Å². The van der Waals surface area contributed by atoms with Crippen molar-refractivity contribution in [3.05, 3.63) is 59.7 Å². The van der Waals surface area contributed by atoms with E-state index in [-0.39, 0.29) is 16.4 Å². The Labute approximate surface area is 157 Å². The molecule has 0 saturated heterocycles. The predicted molar refractivity (Wildman–Crippen MR) is 109 cm³/mol. The van der Waals surface area contributed by atoms with Crippen LogP contribution in [-0.4, -0.2) is 28.9 Å². The van der Waals surface area contributed by atoms with Crippen LogP contribution in [-0.2, 0) is 10.8 Å². The fraction of sp³-hybridized carbons (Fsp3) is 0.458. The Hall–Kier alpha value is -2.09. The van der Waals surface area contributed by atoms with Crippen molar-refractivity contribution in [2.75, 3.05) is 18.0 Å². The van der Waals surface area contributed by atoms with Crippen LogP contribution in [0.5, 0.6) is 0 Å². The molecule has 1 atom stereocenters. The van der Waals surface area contributed by atoms with E-state index in [0.29, 0.717) is 0 Å². The van der Waals surface area contributed by atoms with Gasteiger partial charge in [0.25, 0.3) is 0 Å². The number of anilines is 1. The minimum atomic E-state index is 0.0973. The van der Waals surface area contributed by atoms with Crippen LogP contribution in [0.4, 0.5) is 11.4 Å². The zero-order valence-electron chi connectivity index (χ0n) is 16.6. The quantitative estimate of drug-likeness (QED) is 0.608. The SMILES string of the molecule is CC1(C)C2=[N+](CCN3c4ccccc4C(C)(C)[C@]3(C)C2)c2ccccc21. The summed E-state index contributed by atoms with van der Waals surface area (Å²) in [4.78, 5) is 2.70. The molecule has 26 heavy (non-hydrogen) atoms. The molecule has 5 rings (SSSR count). The molecule has 2 aromatic carbocycles. The van der Waals surface area contributed by atoms with Gasteiger partial charge in [0.05, 0.1) is 23.9 Å². The fourth-order valence-corrected chi connectivity index (χ4v) is 5.79. The van der Waals surface area contributed by atoms with Crippen LogP contribution in [0.3, 0.4) is 0 Å². The van der Waals surface area contributed by atoms with Crippen LogP contribution in [0, 0.1) is 0 Å². The Balaban J connectivity index is 1.70. The lowest BCUT2D eigenvalue weighted by atomic mass is 9.66. The van der Waals surface area contributed by atoms with Gasteiger partial charge in [-0.05, 0) is 32.4 Å². The van der Waals surface area contributed by atoms with Crippen molar-refractivity contribution in [3.8, 4) is 0 Å². The molecule has 3 aliphatic rings. The maximum atomic E-state index is 2.70. The third kappa shape index (κ3) is 1.71. The molecule has 0 unspecified atom stereocenters. The average molecular weight is 346 g/mol. The van der Waals surface area contributed by atoms with E-state index in [2.05, 4.69) is 92.6 Å². The standard InChI is InChI=1S/C24H29N2/c1-22(2)17-10-6-8-12-19(17)25-14-15-26-20-13-9-7-11-18(20)23(3,4)24(26,5)16-21(22)25/h6-13H,14-16H2,1-5H3/q+1/t24-/m0/s1. The third-order valence-corrected chi connectivity index (χ3v) is 7.78. The molecule has 0 fully saturated rings. The summed E-state index contributed by atoms with van der Waals surface area (Å²) in [5.41, 5.74) is 7.75. The molecule has 0 radical (unpaired) electrons. The zero-order valence-corrected chi connectivity index (χ0v) is 16.6. The smallest absolute Gasteiger partial charge is 0.209 e. The summed E-state index contributed by atoms with van der Waals surface area (Å²) in [6.45, 7) is 14.3. The summed E-state index contributed by atoms with van der Waals surface area (Å²) >= 11 is 0. The molecule has 0 saturated carbocycles. The van der Waals surface area contributed by atoms with Crippen molar-refractivity contribution in [1.82, 2.24) is 0 Å². The van der Waals surface area contributed by atoms with Crippen LogP contribution < -0.4 is 4.90 Å². The largest absolute Gasteiger partial charge is 0.358 e. The Morgan fingerprint density at radius 1 is 0.846 bits per heavy atom. The molecule has 2 aromatic rings. The minimum absolute atomic E-state index is 0.0973. The zero-order chi connectivity index (χ0) is 18.3. The summed E-state index contributed by atoms with van der Waals surface area (Å²) in [6.07, 6.45) is 1.11. The lowest BCUT2D eigenvalue weighted by molar-refractivity contribution is -0.435. The van der Waals surface area contributed by atoms with Gasteiger partial charge in [0, 0.05) is 22.7 Å². The lowest BCUT2D eigenvalue weighted by Crippen LogP contribution is -2.55. The van der Waals surface area contributed by atoms with Crippen LogP contribution >= 0.6 is 0 Å². The second-order valence-corrected chi connectivity index (χ2v) is 9.48. The second-order valence-electron chi connectivity index (χ2n) is 9.48. The van der Waals surface area contributed by atoms with Gasteiger partial charge in [-0.1, -0.05) is 50.2 Å². The van der Waals surface area contributed by atoms with Crippen LogP contribution in [0.2, 0.25) is 0 Å². The first kappa shape index (κ1) is 16.1.